The Labute approximate surface area is 147 Å². The van der Waals surface area contributed by atoms with Crippen molar-refractivity contribution in [2.45, 2.75) is 38.6 Å². The number of benzene rings is 1. The second-order valence-electron chi connectivity index (χ2n) is 6.56. The Kier molecular flexibility index (Phi) is 4.83. The van der Waals surface area contributed by atoms with Gasteiger partial charge >= 0.3 is 0 Å². The molecule has 2 aliphatic rings. The Balaban J connectivity index is 1.78. The first-order chi connectivity index (χ1) is 12.0. The first kappa shape index (κ1) is 17.1. The first-order valence-corrected chi connectivity index (χ1v) is 8.64. The number of hydrogen-bond donors (Lipinski definition) is 1. The second kappa shape index (κ2) is 7.05. The summed E-state index contributed by atoms with van der Waals surface area (Å²) in [5.74, 6) is -0.210. The molecule has 5 heteroatoms. The third-order valence-corrected chi connectivity index (χ3v) is 5.06. The molecular formula is C20H23N3O2. The average molecular weight is 337 g/mol. The number of carbonyl (C=O) groups is 2. The average Bonchev–Trinajstić information content (AvgIpc) is 2.90. The minimum atomic E-state index is -0.184. The van der Waals surface area contributed by atoms with Gasteiger partial charge in [0, 0.05) is 18.5 Å². The molecule has 25 heavy (non-hydrogen) atoms. The van der Waals surface area contributed by atoms with Crippen molar-refractivity contribution in [1.29, 1.82) is 0 Å². The summed E-state index contributed by atoms with van der Waals surface area (Å²) in [6.07, 6.45) is 6.70. The molecule has 0 bridgehead atoms. The quantitative estimate of drug-likeness (QED) is 0.520. The van der Waals surface area contributed by atoms with Crippen LogP contribution in [-0.2, 0) is 0 Å². The maximum Gasteiger partial charge on any atom is 0.261 e. The van der Waals surface area contributed by atoms with E-state index in [0.717, 1.165) is 24.8 Å². The van der Waals surface area contributed by atoms with Crippen LogP contribution in [-0.4, -0.2) is 29.0 Å². The molecule has 1 aromatic rings. The fourth-order valence-electron chi connectivity index (χ4n) is 3.73. The predicted octanol–water partition coefficient (Wildman–Crippen LogP) is 3.29. The van der Waals surface area contributed by atoms with Crippen LogP contribution in [0.5, 0.6) is 0 Å². The normalized spacial score (nSPS) is 24.0. The lowest BCUT2D eigenvalue weighted by Crippen LogP contribution is -2.43. The van der Waals surface area contributed by atoms with Gasteiger partial charge in [-0.2, -0.15) is 0 Å². The Bertz CT molecular complexity index is 744. The smallest absolute Gasteiger partial charge is 0.261 e. The topological polar surface area (TPSA) is 75.8 Å². The van der Waals surface area contributed by atoms with Crippen LogP contribution in [0.4, 0.5) is 0 Å². The van der Waals surface area contributed by atoms with Gasteiger partial charge in [-0.3, -0.25) is 19.5 Å². The van der Waals surface area contributed by atoms with Crippen LogP contribution in [0.15, 0.2) is 53.3 Å². The van der Waals surface area contributed by atoms with E-state index in [1.165, 1.54) is 4.90 Å². The van der Waals surface area contributed by atoms with Gasteiger partial charge < -0.3 is 5.73 Å². The molecule has 0 saturated heterocycles. The van der Waals surface area contributed by atoms with Gasteiger partial charge in [-0.05, 0) is 49.8 Å². The number of rotatable bonds is 4. The molecule has 3 rings (SSSR count). The highest BCUT2D eigenvalue weighted by Crippen LogP contribution is 2.36. The SMILES string of the molecule is C=C(/C(N)=C\N=CC)[C@@H]1CCC[C@H](N2C(=O)c3ccccc3C2=O)C1. The van der Waals surface area contributed by atoms with Crippen LogP contribution in [0.25, 0.3) is 0 Å². The lowest BCUT2D eigenvalue weighted by atomic mass is 9.80. The molecule has 1 aliphatic carbocycles. The third kappa shape index (κ3) is 3.14. The number of aliphatic imine (C=N–C) groups is 1. The number of fused-ring (bicyclic) bond motifs is 1. The van der Waals surface area contributed by atoms with Crippen molar-refractivity contribution in [3.05, 3.63) is 59.4 Å². The van der Waals surface area contributed by atoms with Gasteiger partial charge in [0.05, 0.1) is 16.8 Å². The van der Waals surface area contributed by atoms with Gasteiger partial charge in [0.15, 0.2) is 0 Å². The molecule has 5 nitrogen and oxygen atoms in total. The lowest BCUT2D eigenvalue weighted by molar-refractivity contribution is 0.0531. The summed E-state index contributed by atoms with van der Waals surface area (Å²) in [4.78, 5) is 30.9. The third-order valence-electron chi connectivity index (χ3n) is 5.06. The monoisotopic (exact) mass is 337 g/mol. The summed E-state index contributed by atoms with van der Waals surface area (Å²) in [6.45, 7) is 5.94. The summed E-state index contributed by atoms with van der Waals surface area (Å²) < 4.78 is 0. The van der Waals surface area contributed by atoms with E-state index >= 15 is 0 Å². The van der Waals surface area contributed by atoms with Crippen molar-refractivity contribution in [3.63, 3.8) is 0 Å². The van der Waals surface area contributed by atoms with E-state index in [4.69, 9.17) is 5.73 Å². The summed E-state index contributed by atoms with van der Waals surface area (Å²) >= 11 is 0. The molecule has 1 heterocycles. The number of nitrogens with zero attached hydrogens (tertiary/aromatic N) is 2. The van der Waals surface area contributed by atoms with E-state index in [9.17, 15) is 9.59 Å². The molecule has 2 atom stereocenters. The molecule has 1 aromatic carbocycles. The van der Waals surface area contributed by atoms with Gasteiger partial charge in [-0.15, -0.1) is 0 Å². The molecule has 0 aromatic heterocycles. The van der Waals surface area contributed by atoms with Crippen molar-refractivity contribution in [3.8, 4) is 0 Å². The highest BCUT2D eigenvalue weighted by Gasteiger charge is 2.41. The minimum Gasteiger partial charge on any atom is -0.397 e. The molecule has 2 amide bonds. The van der Waals surface area contributed by atoms with E-state index in [0.29, 0.717) is 23.2 Å². The zero-order chi connectivity index (χ0) is 18.0. The van der Waals surface area contributed by atoms with Crippen LogP contribution in [0.3, 0.4) is 0 Å². The summed E-state index contributed by atoms with van der Waals surface area (Å²) in [7, 11) is 0. The number of allylic oxidation sites excluding steroid dienone is 1. The summed E-state index contributed by atoms with van der Waals surface area (Å²) in [6, 6.07) is 6.92. The Hall–Kier alpha value is -2.69. The Morgan fingerprint density at radius 2 is 1.88 bits per heavy atom. The highest BCUT2D eigenvalue weighted by atomic mass is 16.2. The number of amides is 2. The lowest BCUT2D eigenvalue weighted by Gasteiger charge is -2.35. The molecule has 1 aliphatic heterocycles. The van der Waals surface area contributed by atoms with Crippen molar-refractivity contribution in [2.75, 3.05) is 0 Å². The van der Waals surface area contributed by atoms with E-state index < -0.39 is 0 Å². The largest absolute Gasteiger partial charge is 0.397 e. The van der Waals surface area contributed by atoms with Gasteiger partial charge in [0.25, 0.3) is 11.8 Å². The van der Waals surface area contributed by atoms with Crippen molar-refractivity contribution >= 4 is 18.0 Å². The summed E-state index contributed by atoms with van der Waals surface area (Å²) in [5.41, 5.74) is 8.47. The molecule has 0 radical (unpaired) electrons. The maximum atomic E-state index is 12.7. The minimum absolute atomic E-state index is 0.106. The van der Waals surface area contributed by atoms with Gasteiger partial charge in [0.2, 0.25) is 0 Å². The fraction of sp³-hybridized carbons (Fsp3) is 0.350. The molecule has 2 N–H and O–H groups in total. The highest BCUT2D eigenvalue weighted by molar-refractivity contribution is 6.21. The van der Waals surface area contributed by atoms with Crippen LogP contribution < -0.4 is 5.73 Å². The van der Waals surface area contributed by atoms with Gasteiger partial charge in [0.1, 0.15) is 0 Å². The molecule has 1 fully saturated rings. The van der Waals surface area contributed by atoms with Gasteiger partial charge in [-0.1, -0.05) is 25.1 Å². The van der Waals surface area contributed by atoms with Crippen molar-refractivity contribution < 1.29 is 9.59 Å². The first-order valence-electron chi connectivity index (χ1n) is 8.64. The molecule has 0 spiro atoms. The number of imide groups is 1. The van der Waals surface area contributed by atoms with Crippen LogP contribution in [0.2, 0.25) is 0 Å². The zero-order valence-electron chi connectivity index (χ0n) is 14.4. The second-order valence-corrected chi connectivity index (χ2v) is 6.56. The molecular weight excluding hydrogens is 314 g/mol. The van der Waals surface area contributed by atoms with E-state index in [-0.39, 0.29) is 23.8 Å². The van der Waals surface area contributed by atoms with Crippen LogP contribution >= 0.6 is 0 Å². The molecule has 1 saturated carbocycles. The van der Waals surface area contributed by atoms with E-state index in [1.54, 1.807) is 36.7 Å². The maximum absolute atomic E-state index is 12.7. The van der Waals surface area contributed by atoms with Gasteiger partial charge in [-0.25, -0.2) is 0 Å². The number of nitrogens with two attached hydrogens (primary N) is 1. The molecule has 130 valence electrons. The summed E-state index contributed by atoms with van der Waals surface area (Å²) in [5, 5.41) is 0. The standard InChI is InChI=1S/C20H23N3O2/c1-3-22-12-18(21)13(2)14-7-6-8-15(11-14)23-19(24)16-9-4-5-10-17(16)20(23)25/h3-5,9-10,12,14-15H,2,6-8,11,21H2,1H3/b18-12+,22-3?/t14-,15+/m1/s1. The fourth-order valence-corrected chi connectivity index (χ4v) is 3.73. The number of carbonyl (C=O) groups excluding carboxylic acids is 2. The van der Waals surface area contributed by atoms with Crippen LogP contribution in [0.1, 0.15) is 53.3 Å². The number of hydrogen-bond acceptors (Lipinski definition) is 4. The predicted molar refractivity (Wildman–Crippen MR) is 98.3 cm³/mol. The molecule has 0 unspecified atom stereocenters. The van der Waals surface area contributed by atoms with E-state index in [1.807, 2.05) is 6.92 Å². The van der Waals surface area contributed by atoms with E-state index in [2.05, 4.69) is 11.6 Å². The zero-order valence-corrected chi connectivity index (χ0v) is 14.4. The Morgan fingerprint density at radius 1 is 1.24 bits per heavy atom. The van der Waals surface area contributed by atoms with Crippen LogP contribution in [0, 0.1) is 5.92 Å². The Morgan fingerprint density at radius 3 is 2.48 bits per heavy atom. The van der Waals surface area contributed by atoms with Crippen molar-refractivity contribution in [1.82, 2.24) is 4.90 Å². The van der Waals surface area contributed by atoms with Crippen molar-refractivity contribution in [2.24, 2.45) is 16.6 Å².